The lowest BCUT2D eigenvalue weighted by Crippen LogP contribution is -2.08. The van der Waals surface area contributed by atoms with E-state index in [0.29, 0.717) is 17.9 Å². The SMILES string of the molecule is Nc1cc([C@H](Cc2nc3ccccc3[nH]2)c2ccccc2)c2n[nH]nc2n1. The van der Waals surface area contributed by atoms with Gasteiger partial charge in [-0.05, 0) is 29.3 Å². The maximum absolute atomic E-state index is 6.04. The molecule has 132 valence electrons. The highest BCUT2D eigenvalue weighted by atomic mass is 15.3. The Labute approximate surface area is 154 Å². The third-order valence-electron chi connectivity index (χ3n) is 4.75. The van der Waals surface area contributed by atoms with Crippen molar-refractivity contribution in [3.05, 3.63) is 77.6 Å². The molecule has 0 aliphatic rings. The minimum atomic E-state index is 0.0182. The number of anilines is 1. The first-order valence-corrected chi connectivity index (χ1v) is 8.73. The number of para-hydroxylation sites is 2. The van der Waals surface area contributed by atoms with E-state index in [1.165, 1.54) is 0 Å². The maximum atomic E-state index is 6.04. The number of H-pyrrole nitrogens is 2. The van der Waals surface area contributed by atoms with Crippen molar-refractivity contribution >= 4 is 28.0 Å². The van der Waals surface area contributed by atoms with E-state index in [9.17, 15) is 0 Å². The summed E-state index contributed by atoms with van der Waals surface area (Å²) >= 11 is 0. The number of rotatable bonds is 4. The van der Waals surface area contributed by atoms with Crippen LogP contribution >= 0.6 is 0 Å². The average Bonchev–Trinajstić information content (AvgIpc) is 3.32. The van der Waals surface area contributed by atoms with E-state index in [4.69, 9.17) is 10.7 Å². The molecule has 4 N–H and O–H groups in total. The fraction of sp³-hybridized carbons (Fsp3) is 0.100. The Bertz CT molecular complexity index is 1190. The summed E-state index contributed by atoms with van der Waals surface area (Å²) in [4.78, 5) is 12.4. The van der Waals surface area contributed by atoms with Gasteiger partial charge in [-0.25, -0.2) is 9.97 Å². The zero-order valence-corrected chi connectivity index (χ0v) is 14.4. The summed E-state index contributed by atoms with van der Waals surface area (Å²) < 4.78 is 0. The maximum Gasteiger partial charge on any atom is 0.203 e. The van der Waals surface area contributed by atoms with Crippen LogP contribution in [0.5, 0.6) is 0 Å². The molecule has 0 aliphatic heterocycles. The minimum absolute atomic E-state index is 0.0182. The van der Waals surface area contributed by atoms with Gasteiger partial charge in [-0.2, -0.15) is 10.3 Å². The van der Waals surface area contributed by atoms with Crippen LogP contribution < -0.4 is 5.73 Å². The predicted octanol–water partition coefficient (Wildman–Crippen LogP) is 3.19. The molecule has 7 heteroatoms. The molecule has 2 aromatic carbocycles. The van der Waals surface area contributed by atoms with Crippen LogP contribution in [0.15, 0.2) is 60.7 Å². The Kier molecular flexibility index (Phi) is 3.57. The number of fused-ring (bicyclic) bond motifs is 2. The van der Waals surface area contributed by atoms with Crippen molar-refractivity contribution < 1.29 is 0 Å². The molecule has 0 radical (unpaired) electrons. The van der Waals surface area contributed by atoms with E-state index in [0.717, 1.165) is 33.5 Å². The molecule has 0 fully saturated rings. The zero-order valence-electron chi connectivity index (χ0n) is 14.4. The summed E-state index contributed by atoms with van der Waals surface area (Å²) in [7, 11) is 0. The second kappa shape index (κ2) is 6.21. The van der Waals surface area contributed by atoms with Crippen LogP contribution in [0.2, 0.25) is 0 Å². The van der Waals surface area contributed by atoms with Gasteiger partial charge in [-0.1, -0.05) is 42.5 Å². The van der Waals surface area contributed by atoms with Crippen molar-refractivity contribution in [2.24, 2.45) is 0 Å². The fourth-order valence-electron chi connectivity index (χ4n) is 3.53. The van der Waals surface area contributed by atoms with Gasteiger partial charge in [0.25, 0.3) is 0 Å². The number of aromatic amines is 2. The van der Waals surface area contributed by atoms with Gasteiger partial charge in [0.15, 0.2) is 0 Å². The lowest BCUT2D eigenvalue weighted by atomic mass is 9.88. The average molecular weight is 355 g/mol. The second-order valence-corrected chi connectivity index (χ2v) is 6.50. The number of imidazole rings is 1. The van der Waals surface area contributed by atoms with Crippen LogP contribution in [0.3, 0.4) is 0 Å². The minimum Gasteiger partial charge on any atom is -0.384 e. The number of hydrogen-bond acceptors (Lipinski definition) is 5. The lowest BCUT2D eigenvalue weighted by Gasteiger charge is -2.17. The van der Waals surface area contributed by atoms with E-state index in [1.807, 2.05) is 48.5 Å². The number of hydrogen-bond donors (Lipinski definition) is 3. The van der Waals surface area contributed by atoms with Crippen molar-refractivity contribution in [3.8, 4) is 0 Å². The molecule has 0 saturated heterocycles. The molecular formula is C20H17N7. The van der Waals surface area contributed by atoms with Gasteiger partial charge in [0.2, 0.25) is 5.65 Å². The zero-order chi connectivity index (χ0) is 18.2. The molecule has 0 unspecified atom stereocenters. The molecule has 5 rings (SSSR count). The number of nitrogens with zero attached hydrogens (tertiary/aromatic N) is 4. The van der Waals surface area contributed by atoms with Gasteiger partial charge in [0.1, 0.15) is 17.2 Å². The van der Waals surface area contributed by atoms with E-state index in [-0.39, 0.29) is 5.92 Å². The summed E-state index contributed by atoms with van der Waals surface area (Å²) in [5.41, 5.74) is 11.4. The molecule has 5 aromatic rings. The first-order chi connectivity index (χ1) is 13.3. The highest BCUT2D eigenvalue weighted by Gasteiger charge is 2.22. The second-order valence-electron chi connectivity index (χ2n) is 6.50. The molecule has 3 aromatic heterocycles. The number of nitrogen functional groups attached to an aromatic ring is 1. The summed E-state index contributed by atoms with van der Waals surface area (Å²) in [5.74, 6) is 1.36. The number of pyridine rings is 1. The Hall–Kier alpha value is -3.74. The molecule has 27 heavy (non-hydrogen) atoms. The molecule has 3 heterocycles. The molecule has 0 amide bonds. The lowest BCUT2D eigenvalue weighted by molar-refractivity contribution is 0.771. The highest BCUT2D eigenvalue weighted by Crippen LogP contribution is 2.32. The predicted molar refractivity (Wildman–Crippen MR) is 104 cm³/mol. The fourth-order valence-corrected chi connectivity index (χ4v) is 3.53. The van der Waals surface area contributed by atoms with Crippen LogP contribution in [-0.2, 0) is 6.42 Å². The van der Waals surface area contributed by atoms with Crippen molar-refractivity contribution in [1.82, 2.24) is 30.4 Å². The van der Waals surface area contributed by atoms with Crippen LogP contribution in [0.1, 0.15) is 22.9 Å². The molecule has 0 aliphatic carbocycles. The van der Waals surface area contributed by atoms with E-state index in [2.05, 4.69) is 37.5 Å². The quantitative estimate of drug-likeness (QED) is 0.459. The summed E-state index contributed by atoms with van der Waals surface area (Å²) in [6.45, 7) is 0. The van der Waals surface area contributed by atoms with Crippen molar-refractivity contribution in [1.29, 1.82) is 0 Å². The summed E-state index contributed by atoms with van der Waals surface area (Å²) in [6, 6.07) is 20.2. The van der Waals surface area contributed by atoms with Crippen LogP contribution in [0.25, 0.3) is 22.2 Å². The molecule has 0 saturated carbocycles. The molecular weight excluding hydrogens is 338 g/mol. The highest BCUT2D eigenvalue weighted by molar-refractivity contribution is 5.77. The van der Waals surface area contributed by atoms with Gasteiger partial charge in [0, 0.05) is 12.3 Å². The van der Waals surface area contributed by atoms with E-state index < -0.39 is 0 Å². The third-order valence-corrected chi connectivity index (χ3v) is 4.75. The van der Waals surface area contributed by atoms with Gasteiger partial charge in [-0.3, -0.25) is 0 Å². The van der Waals surface area contributed by atoms with Gasteiger partial charge < -0.3 is 10.7 Å². The van der Waals surface area contributed by atoms with Crippen molar-refractivity contribution in [3.63, 3.8) is 0 Å². The Morgan fingerprint density at radius 3 is 2.59 bits per heavy atom. The van der Waals surface area contributed by atoms with Crippen LogP contribution in [0, 0.1) is 0 Å². The largest absolute Gasteiger partial charge is 0.384 e. The number of nitrogens with one attached hydrogen (secondary N) is 2. The van der Waals surface area contributed by atoms with Gasteiger partial charge in [0.05, 0.1) is 11.0 Å². The number of aromatic nitrogens is 6. The van der Waals surface area contributed by atoms with E-state index in [1.54, 1.807) is 0 Å². The third kappa shape index (κ3) is 2.79. The number of nitrogens with two attached hydrogens (primary N) is 1. The van der Waals surface area contributed by atoms with Crippen LogP contribution in [-0.4, -0.2) is 30.4 Å². The molecule has 7 nitrogen and oxygen atoms in total. The van der Waals surface area contributed by atoms with E-state index >= 15 is 0 Å². The van der Waals surface area contributed by atoms with Gasteiger partial charge >= 0.3 is 0 Å². The Balaban J connectivity index is 1.66. The normalized spacial score (nSPS) is 12.6. The van der Waals surface area contributed by atoms with Crippen molar-refractivity contribution in [2.45, 2.75) is 12.3 Å². The van der Waals surface area contributed by atoms with Crippen molar-refractivity contribution in [2.75, 3.05) is 5.73 Å². The number of benzene rings is 2. The first kappa shape index (κ1) is 15.5. The molecule has 0 bridgehead atoms. The first-order valence-electron chi connectivity index (χ1n) is 8.73. The topological polar surface area (TPSA) is 109 Å². The Morgan fingerprint density at radius 2 is 1.74 bits per heavy atom. The molecule has 0 spiro atoms. The van der Waals surface area contributed by atoms with Crippen LogP contribution in [0.4, 0.5) is 5.82 Å². The van der Waals surface area contributed by atoms with Gasteiger partial charge in [-0.15, -0.1) is 5.10 Å². The molecule has 1 atom stereocenters. The summed E-state index contributed by atoms with van der Waals surface area (Å²) in [6.07, 6.45) is 0.685. The monoisotopic (exact) mass is 355 g/mol. The standard InChI is InChI=1S/C20H17N7/c21-17-10-14(19-20(24-17)26-27-25-19)13(12-6-2-1-3-7-12)11-18-22-15-8-4-5-9-16(15)23-18/h1-10,13H,11H2,(H,22,23)(H3,21,24,25,26,27)/t13-/m1/s1. The smallest absolute Gasteiger partial charge is 0.203 e. The summed E-state index contributed by atoms with van der Waals surface area (Å²) in [5, 5.41) is 11.1. The Morgan fingerprint density at radius 1 is 0.926 bits per heavy atom.